The van der Waals surface area contributed by atoms with Crippen molar-refractivity contribution in [1.82, 2.24) is 19.6 Å². The van der Waals surface area contributed by atoms with Gasteiger partial charge in [-0.2, -0.15) is 5.10 Å². The van der Waals surface area contributed by atoms with E-state index in [1.807, 2.05) is 24.3 Å². The maximum Gasteiger partial charge on any atom is 0.241 e. The normalized spacial score (nSPS) is 15.9. The van der Waals surface area contributed by atoms with Crippen molar-refractivity contribution in [3.63, 3.8) is 0 Å². The molecular formula is C13H26Cl3N5O2. The summed E-state index contributed by atoms with van der Waals surface area (Å²) in [6.45, 7) is 4.31. The van der Waals surface area contributed by atoms with Gasteiger partial charge in [0.25, 0.3) is 0 Å². The van der Waals surface area contributed by atoms with Crippen LogP contribution in [0, 0.1) is 0 Å². The molecule has 0 bridgehead atoms. The number of aryl methyl sites for hydroxylation is 1. The summed E-state index contributed by atoms with van der Waals surface area (Å²) in [5.74, 6) is -0.0205. The zero-order valence-electron chi connectivity index (χ0n) is 13.4. The van der Waals surface area contributed by atoms with Crippen LogP contribution in [0.1, 0.15) is 5.56 Å². The van der Waals surface area contributed by atoms with Gasteiger partial charge in [-0.05, 0) is 0 Å². The Bertz CT molecular complexity index is 453. The molecule has 1 aliphatic heterocycles. The first-order valence-corrected chi connectivity index (χ1v) is 6.83. The molecule has 10 heteroatoms. The van der Waals surface area contributed by atoms with Gasteiger partial charge in [0.2, 0.25) is 5.91 Å². The van der Waals surface area contributed by atoms with Crippen LogP contribution in [0.25, 0.3) is 0 Å². The predicted octanol–water partition coefficient (Wildman–Crippen LogP) is 0.303. The molecule has 136 valence electrons. The monoisotopic (exact) mass is 389 g/mol. The van der Waals surface area contributed by atoms with E-state index in [9.17, 15) is 4.79 Å². The second-order valence-corrected chi connectivity index (χ2v) is 5.19. The van der Waals surface area contributed by atoms with Gasteiger partial charge in [0.05, 0.1) is 12.8 Å². The second kappa shape index (κ2) is 11.9. The molecule has 0 aromatic carbocycles. The van der Waals surface area contributed by atoms with Crippen molar-refractivity contribution in [3.05, 3.63) is 18.0 Å². The fraction of sp³-hybridized carbons (Fsp3) is 0.692. The largest absolute Gasteiger partial charge is 0.383 e. The van der Waals surface area contributed by atoms with Crippen LogP contribution in [0.15, 0.2) is 12.4 Å². The van der Waals surface area contributed by atoms with Gasteiger partial charge in [-0.15, -0.1) is 37.2 Å². The molecule has 1 atom stereocenters. The highest BCUT2D eigenvalue weighted by atomic mass is 35.5. The average molecular weight is 391 g/mol. The van der Waals surface area contributed by atoms with Crippen LogP contribution in [-0.4, -0.2) is 71.4 Å². The lowest BCUT2D eigenvalue weighted by molar-refractivity contribution is -0.135. The maximum atomic E-state index is 12.0. The minimum atomic E-state index is -0.551. The molecular weight excluding hydrogens is 365 g/mol. The predicted molar refractivity (Wildman–Crippen MR) is 96.7 cm³/mol. The molecule has 1 aromatic heterocycles. The van der Waals surface area contributed by atoms with Gasteiger partial charge >= 0.3 is 0 Å². The minimum absolute atomic E-state index is 0. The number of rotatable bonds is 5. The summed E-state index contributed by atoms with van der Waals surface area (Å²) in [6.07, 6.45) is 3.90. The number of carbonyl (C=O) groups excluding carboxylic acids is 1. The Morgan fingerprint density at radius 1 is 1.30 bits per heavy atom. The molecule has 1 amide bonds. The molecule has 1 aliphatic rings. The Morgan fingerprint density at radius 2 is 1.91 bits per heavy atom. The van der Waals surface area contributed by atoms with Crippen LogP contribution >= 0.6 is 37.2 Å². The van der Waals surface area contributed by atoms with E-state index in [0.717, 1.165) is 32.7 Å². The van der Waals surface area contributed by atoms with Gasteiger partial charge in [0.15, 0.2) is 0 Å². The number of nitrogens with zero attached hydrogens (tertiary/aromatic N) is 4. The van der Waals surface area contributed by atoms with E-state index < -0.39 is 6.04 Å². The van der Waals surface area contributed by atoms with E-state index in [2.05, 4.69) is 10.00 Å². The van der Waals surface area contributed by atoms with Crippen LogP contribution in [0.2, 0.25) is 0 Å². The number of nitrogens with two attached hydrogens (primary N) is 1. The number of piperazine rings is 1. The van der Waals surface area contributed by atoms with Crippen LogP contribution in [0.4, 0.5) is 0 Å². The van der Waals surface area contributed by atoms with Gasteiger partial charge in [-0.3, -0.25) is 14.4 Å². The lowest BCUT2D eigenvalue weighted by atomic mass is 10.2. The molecule has 1 saturated heterocycles. The van der Waals surface area contributed by atoms with Crippen LogP contribution in [0.5, 0.6) is 0 Å². The highest BCUT2D eigenvalue weighted by molar-refractivity contribution is 5.86. The molecule has 0 saturated carbocycles. The SMILES string of the molecule is COCC(N)C(=O)N1CCN(Cc2cnn(C)c2)CC1.Cl.Cl.Cl. The van der Waals surface area contributed by atoms with Crippen molar-refractivity contribution < 1.29 is 9.53 Å². The van der Waals surface area contributed by atoms with E-state index in [0.29, 0.717) is 0 Å². The first-order chi connectivity index (χ1) is 9.60. The number of methoxy groups -OCH3 is 1. The highest BCUT2D eigenvalue weighted by Crippen LogP contribution is 2.08. The number of hydrogen-bond donors (Lipinski definition) is 1. The Hall–Kier alpha value is -0.570. The van der Waals surface area contributed by atoms with Gasteiger partial charge in [-0.1, -0.05) is 0 Å². The number of aromatic nitrogens is 2. The smallest absolute Gasteiger partial charge is 0.241 e. The third-order valence-corrected chi connectivity index (χ3v) is 3.51. The van der Waals surface area contributed by atoms with Gasteiger partial charge in [-0.25, -0.2) is 0 Å². The standard InChI is InChI=1S/C13H23N5O2.3ClH/c1-16-8-11(7-15-16)9-17-3-5-18(6-4-17)13(19)12(14)10-20-2;;;/h7-8,12H,3-6,9-10,14H2,1-2H3;3*1H. The molecule has 2 heterocycles. The lowest BCUT2D eigenvalue weighted by Gasteiger charge is -2.35. The minimum Gasteiger partial charge on any atom is -0.383 e. The number of hydrogen-bond acceptors (Lipinski definition) is 5. The molecule has 2 N–H and O–H groups in total. The molecule has 1 fully saturated rings. The van der Waals surface area contributed by atoms with Crippen molar-refractivity contribution in [3.8, 4) is 0 Å². The van der Waals surface area contributed by atoms with Crippen molar-refractivity contribution in [2.75, 3.05) is 39.9 Å². The molecule has 0 aliphatic carbocycles. The highest BCUT2D eigenvalue weighted by Gasteiger charge is 2.25. The molecule has 1 unspecified atom stereocenters. The fourth-order valence-corrected chi connectivity index (χ4v) is 2.42. The van der Waals surface area contributed by atoms with Crippen molar-refractivity contribution >= 4 is 43.1 Å². The van der Waals surface area contributed by atoms with Crippen molar-refractivity contribution in [1.29, 1.82) is 0 Å². The topological polar surface area (TPSA) is 76.6 Å². The van der Waals surface area contributed by atoms with Crippen molar-refractivity contribution in [2.45, 2.75) is 12.6 Å². The van der Waals surface area contributed by atoms with Crippen molar-refractivity contribution in [2.24, 2.45) is 12.8 Å². The van der Waals surface area contributed by atoms with E-state index >= 15 is 0 Å². The fourth-order valence-electron chi connectivity index (χ4n) is 2.42. The molecule has 1 aromatic rings. The zero-order chi connectivity index (χ0) is 14.5. The van der Waals surface area contributed by atoms with Gasteiger partial charge < -0.3 is 15.4 Å². The first-order valence-electron chi connectivity index (χ1n) is 6.83. The second-order valence-electron chi connectivity index (χ2n) is 5.19. The molecule has 2 rings (SSSR count). The number of ether oxygens (including phenoxy) is 1. The number of amides is 1. The average Bonchev–Trinajstić information content (AvgIpc) is 2.84. The summed E-state index contributed by atoms with van der Waals surface area (Å²) < 4.78 is 6.73. The van der Waals surface area contributed by atoms with Gasteiger partial charge in [0, 0.05) is 58.6 Å². The summed E-state index contributed by atoms with van der Waals surface area (Å²) in [5.41, 5.74) is 6.98. The Balaban J connectivity index is 0. The quantitative estimate of drug-likeness (QED) is 0.783. The van der Waals surface area contributed by atoms with E-state index in [1.165, 1.54) is 5.56 Å². The summed E-state index contributed by atoms with van der Waals surface area (Å²) in [5, 5.41) is 4.16. The Labute approximate surface area is 155 Å². The lowest BCUT2D eigenvalue weighted by Crippen LogP contribution is -2.53. The molecule has 0 radical (unpaired) electrons. The summed E-state index contributed by atoms with van der Waals surface area (Å²) in [4.78, 5) is 16.2. The molecule has 23 heavy (non-hydrogen) atoms. The van der Waals surface area contributed by atoms with E-state index in [1.54, 1.807) is 11.8 Å². The summed E-state index contributed by atoms with van der Waals surface area (Å²) >= 11 is 0. The molecule has 0 spiro atoms. The van der Waals surface area contributed by atoms with Gasteiger partial charge in [0.1, 0.15) is 6.04 Å². The number of halogens is 3. The van der Waals surface area contributed by atoms with Crippen LogP contribution in [0.3, 0.4) is 0 Å². The third kappa shape index (κ3) is 7.24. The van der Waals surface area contributed by atoms with E-state index in [-0.39, 0.29) is 49.7 Å². The summed E-state index contributed by atoms with van der Waals surface area (Å²) in [6, 6.07) is -0.551. The third-order valence-electron chi connectivity index (χ3n) is 3.51. The van der Waals surface area contributed by atoms with E-state index in [4.69, 9.17) is 10.5 Å². The molecule has 7 nitrogen and oxygen atoms in total. The Morgan fingerprint density at radius 3 is 2.39 bits per heavy atom. The zero-order valence-corrected chi connectivity index (χ0v) is 15.8. The first kappa shape index (κ1) is 24.7. The summed E-state index contributed by atoms with van der Waals surface area (Å²) in [7, 11) is 3.47. The Kier molecular flexibility index (Phi) is 12.8. The maximum absolute atomic E-state index is 12.0. The number of carbonyl (C=O) groups is 1. The van der Waals surface area contributed by atoms with Crippen LogP contribution < -0.4 is 5.73 Å². The van der Waals surface area contributed by atoms with Crippen LogP contribution in [-0.2, 0) is 23.1 Å².